The molecule has 313 valence electrons. The minimum atomic E-state index is 0. The second-order valence-corrected chi connectivity index (χ2v) is 17.2. The van der Waals surface area contributed by atoms with Crippen molar-refractivity contribution in [1.82, 2.24) is 19.1 Å². The van der Waals surface area contributed by atoms with Crippen LogP contribution in [0.4, 0.5) is 0 Å². The van der Waals surface area contributed by atoms with E-state index in [2.05, 4.69) is 180 Å². The van der Waals surface area contributed by atoms with Crippen LogP contribution in [0.1, 0.15) is 101 Å². The summed E-state index contributed by atoms with van der Waals surface area (Å²) >= 11 is 0. The molecule has 5 nitrogen and oxygen atoms in total. The fourth-order valence-electron chi connectivity index (χ4n) is 8.78. The van der Waals surface area contributed by atoms with E-state index in [4.69, 9.17) is 14.4 Å². The summed E-state index contributed by atoms with van der Waals surface area (Å²) in [6, 6.07) is 57.3. The molecule has 0 bridgehead atoms. The second kappa shape index (κ2) is 17.7. The Kier molecular flexibility index (Phi) is 12.2. The monoisotopic (exact) mass is 989 g/mol. The van der Waals surface area contributed by atoms with Crippen molar-refractivity contribution in [3.8, 4) is 34.2 Å². The van der Waals surface area contributed by atoms with Crippen molar-refractivity contribution in [2.24, 2.45) is 0 Å². The smallest absolute Gasteiger partial charge is 0.120 e. The normalized spacial score (nSPS) is 11.7. The summed E-state index contributed by atoms with van der Waals surface area (Å²) in [5, 5.41) is 2.20. The van der Waals surface area contributed by atoms with Gasteiger partial charge in [0.25, 0.3) is 0 Å². The van der Waals surface area contributed by atoms with Gasteiger partial charge in [-0.25, -0.2) is 0 Å². The minimum absolute atomic E-state index is 0. The summed E-state index contributed by atoms with van der Waals surface area (Å²) in [6.07, 6.45) is 0. The van der Waals surface area contributed by atoms with E-state index in [9.17, 15) is 0 Å². The zero-order valence-electron chi connectivity index (χ0n) is 36.7. The molecule has 0 fully saturated rings. The summed E-state index contributed by atoms with van der Waals surface area (Å²) in [5.74, 6) is 3.40. The van der Waals surface area contributed by atoms with Crippen LogP contribution in [-0.2, 0) is 20.1 Å². The SMILES string of the molecule is CC(C)c1cccc(C(C)C)c1-n1c(-c2[c-]ccc3c2oc2ccccc23)nc2ccccc21.CC(C)c1cccc(C(C)C)c1-n1c(-c2[c-]cccc2)nc2ccccc21.[Ir]. The van der Waals surface area contributed by atoms with Crippen LogP contribution in [0.15, 0.2) is 150 Å². The van der Waals surface area contributed by atoms with Crippen molar-refractivity contribution in [3.63, 3.8) is 0 Å². The van der Waals surface area contributed by atoms with Crippen LogP contribution >= 0.6 is 0 Å². The van der Waals surface area contributed by atoms with Crippen LogP contribution in [0.5, 0.6) is 0 Å². The first-order valence-electron chi connectivity index (χ1n) is 21.6. The van der Waals surface area contributed by atoms with Gasteiger partial charge in [-0.3, -0.25) is 9.97 Å². The Morgan fingerprint density at radius 2 is 0.935 bits per heavy atom. The van der Waals surface area contributed by atoms with Gasteiger partial charge in [-0.1, -0.05) is 145 Å². The first kappa shape index (κ1) is 42.6. The molecule has 6 heteroatoms. The van der Waals surface area contributed by atoms with E-state index in [1.807, 2.05) is 42.5 Å². The summed E-state index contributed by atoms with van der Waals surface area (Å²) in [7, 11) is 0. The molecule has 0 saturated carbocycles. The zero-order valence-corrected chi connectivity index (χ0v) is 39.1. The van der Waals surface area contributed by atoms with E-state index < -0.39 is 0 Å². The van der Waals surface area contributed by atoms with Gasteiger partial charge in [0, 0.05) is 36.9 Å². The van der Waals surface area contributed by atoms with E-state index in [1.54, 1.807) is 0 Å². The molecule has 3 aromatic heterocycles. The molecule has 0 spiro atoms. The molecule has 0 N–H and O–H groups in total. The van der Waals surface area contributed by atoms with Crippen molar-refractivity contribution in [2.45, 2.75) is 79.1 Å². The predicted octanol–water partition coefficient (Wildman–Crippen LogP) is 15.4. The molecule has 0 amide bonds. The van der Waals surface area contributed by atoms with Crippen LogP contribution in [0, 0.1) is 12.1 Å². The largest absolute Gasteiger partial charge is 0.501 e. The number of hydrogen-bond acceptors (Lipinski definition) is 3. The summed E-state index contributed by atoms with van der Waals surface area (Å²) in [6.45, 7) is 18.1. The van der Waals surface area contributed by atoms with Crippen LogP contribution in [0.2, 0.25) is 0 Å². The molecule has 0 saturated heterocycles. The zero-order chi connectivity index (χ0) is 42.4. The fraction of sp³-hybridized carbons (Fsp3) is 0.214. The van der Waals surface area contributed by atoms with Gasteiger partial charge in [0.1, 0.15) is 5.58 Å². The maximum Gasteiger partial charge on any atom is 0.120 e. The Balaban J connectivity index is 0.000000172. The first-order valence-corrected chi connectivity index (χ1v) is 21.6. The van der Waals surface area contributed by atoms with Crippen LogP contribution in [0.3, 0.4) is 0 Å². The molecule has 1 radical (unpaired) electrons. The average Bonchev–Trinajstić information content (AvgIpc) is 3.98. The maximum absolute atomic E-state index is 6.40. The number of furan rings is 1. The van der Waals surface area contributed by atoms with E-state index >= 15 is 0 Å². The van der Waals surface area contributed by atoms with Gasteiger partial charge in [-0.05, 0) is 76.3 Å². The average molecular weight is 989 g/mol. The van der Waals surface area contributed by atoms with E-state index in [0.717, 1.165) is 66.8 Å². The van der Waals surface area contributed by atoms with E-state index in [0.29, 0.717) is 23.7 Å². The molecular formula is C56H52IrN4O-2. The van der Waals surface area contributed by atoms with Crippen LogP contribution < -0.4 is 0 Å². The van der Waals surface area contributed by atoms with E-state index in [-0.39, 0.29) is 20.1 Å². The van der Waals surface area contributed by atoms with Crippen molar-refractivity contribution < 1.29 is 24.5 Å². The third-order valence-corrected chi connectivity index (χ3v) is 11.8. The van der Waals surface area contributed by atoms with Gasteiger partial charge >= 0.3 is 0 Å². The van der Waals surface area contributed by atoms with Crippen molar-refractivity contribution >= 4 is 44.0 Å². The van der Waals surface area contributed by atoms with E-state index in [1.165, 1.54) is 33.6 Å². The molecular weight excluding hydrogens is 937 g/mol. The van der Waals surface area contributed by atoms with Gasteiger partial charge < -0.3 is 13.6 Å². The molecule has 62 heavy (non-hydrogen) atoms. The predicted molar refractivity (Wildman–Crippen MR) is 254 cm³/mol. The summed E-state index contributed by atoms with van der Waals surface area (Å²) in [4.78, 5) is 10.1. The Hall–Kier alpha value is -6.07. The van der Waals surface area contributed by atoms with Gasteiger partial charge in [0.15, 0.2) is 0 Å². The third kappa shape index (κ3) is 7.61. The number of fused-ring (bicyclic) bond motifs is 5. The second-order valence-electron chi connectivity index (χ2n) is 17.2. The number of benzene rings is 7. The number of aromatic nitrogens is 4. The van der Waals surface area contributed by atoms with Crippen LogP contribution in [0.25, 0.3) is 78.2 Å². The molecule has 7 aromatic carbocycles. The minimum Gasteiger partial charge on any atom is -0.501 e. The van der Waals surface area contributed by atoms with Gasteiger partial charge in [0.05, 0.1) is 39.3 Å². The number of rotatable bonds is 8. The quantitative estimate of drug-likeness (QED) is 0.143. The molecule has 0 unspecified atom stereocenters. The Morgan fingerprint density at radius 3 is 1.47 bits per heavy atom. The molecule has 0 aliphatic heterocycles. The Labute approximate surface area is 378 Å². The third-order valence-electron chi connectivity index (χ3n) is 11.8. The summed E-state index contributed by atoms with van der Waals surface area (Å²) < 4.78 is 11.1. The number of imidazole rings is 2. The molecule has 0 aliphatic carbocycles. The Bertz CT molecular complexity index is 3110. The Morgan fingerprint density at radius 1 is 0.452 bits per heavy atom. The van der Waals surface area contributed by atoms with Crippen molar-refractivity contribution in [1.29, 1.82) is 0 Å². The molecule has 10 aromatic rings. The molecule has 3 heterocycles. The fourth-order valence-corrected chi connectivity index (χ4v) is 8.78. The number of nitrogens with zero attached hydrogens (tertiary/aromatic N) is 4. The summed E-state index contributed by atoms with van der Waals surface area (Å²) in [5.41, 5.74) is 15.6. The van der Waals surface area contributed by atoms with Crippen LogP contribution in [-0.4, -0.2) is 19.1 Å². The first-order chi connectivity index (χ1) is 29.6. The van der Waals surface area contributed by atoms with Crippen molar-refractivity contribution in [2.75, 3.05) is 0 Å². The van der Waals surface area contributed by atoms with Gasteiger partial charge in [0.2, 0.25) is 0 Å². The molecule has 10 rings (SSSR count). The number of para-hydroxylation sites is 7. The number of hydrogen-bond donors (Lipinski definition) is 0. The molecule has 0 aliphatic rings. The van der Waals surface area contributed by atoms with Crippen molar-refractivity contribution in [3.05, 3.63) is 180 Å². The topological polar surface area (TPSA) is 48.8 Å². The van der Waals surface area contributed by atoms with Gasteiger partial charge in [-0.2, -0.15) is 0 Å². The molecule has 0 atom stereocenters. The standard InChI is InChI=1S/C31H27N2O.C25H25N2.Ir/c1-19(2)21-12-9-13-22(20(3)4)29(21)33-27-17-7-6-16-26(27)32-31(33)25-15-10-14-24-23-11-5-8-18-28(23)34-30(24)25;1-17(2)20-13-10-14-21(18(3)4)24(20)27-23-16-9-8-15-22(23)26-25(27)19-11-6-5-7-12-19;/h5-14,16-20H,1-4H3;5-11,13-18H,1-4H3;/q2*-1;. The van der Waals surface area contributed by atoms with Gasteiger partial charge in [-0.15, -0.1) is 54.1 Å². The maximum atomic E-state index is 6.40.